The molecule has 0 aliphatic carbocycles. The monoisotopic (exact) mass is 399 g/mol. The van der Waals surface area contributed by atoms with E-state index in [1.54, 1.807) is 24.5 Å². The van der Waals surface area contributed by atoms with Crippen molar-refractivity contribution in [2.24, 2.45) is 0 Å². The molecule has 1 amide bonds. The van der Waals surface area contributed by atoms with Gasteiger partial charge in [0.05, 0.1) is 12.8 Å². The third-order valence-corrected chi connectivity index (χ3v) is 5.78. The van der Waals surface area contributed by atoms with E-state index in [2.05, 4.69) is 27.2 Å². The number of benzene rings is 1. The second-order valence-corrected chi connectivity index (χ2v) is 7.83. The van der Waals surface area contributed by atoms with Crippen LogP contribution < -0.4 is 15.0 Å². The molecule has 0 saturated carbocycles. The highest BCUT2D eigenvalue weighted by Crippen LogP contribution is 2.28. The molecular formula is C22H29N3O2S. The largest absolute Gasteiger partial charge is 0.495 e. The standard InChI is InChI=1S/C22H29N3O2S/c1-27-21-9-3-2-8-20(21)25-16-14-24(15-17-25)13-5-4-12-23-22(26)11-10-19-7-6-18-28-19/h2-3,6-11,18H,4-5,12-17H2,1H3,(H,23,26)/b11-10+. The maximum absolute atomic E-state index is 11.8. The van der Waals surface area contributed by atoms with Gasteiger partial charge in [-0.3, -0.25) is 9.69 Å². The third kappa shape index (κ3) is 6.11. The molecule has 28 heavy (non-hydrogen) atoms. The van der Waals surface area contributed by atoms with Crippen molar-refractivity contribution in [3.8, 4) is 5.75 Å². The number of para-hydroxylation sites is 2. The second kappa shape index (κ2) is 10.9. The van der Waals surface area contributed by atoms with Crippen LogP contribution in [0.15, 0.2) is 47.9 Å². The fourth-order valence-corrected chi connectivity index (χ4v) is 4.00. The van der Waals surface area contributed by atoms with Crippen molar-refractivity contribution in [1.82, 2.24) is 10.2 Å². The minimum Gasteiger partial charge on any atom is -0.495 e. The van der Waals surface area contributed by atoms with Crippen molar-refractivity contribution >= 4 is 29.0 Å². The number of ether oxygens (including phenoxy) is 1. The van der Waals surface area contributed by atoms with E-state index in [4.69, 9.17) is 4.74 Å². The van der Waals surface area contributed by atoms with Gasteiger partial charge in [0.2, 0.25) is 5.91 Å². The fraction of sp³-hybridized carbons (Fsp3) is 0.409. The molecule has 1 saturated heterocycles. The van der Waals surface area contributed by atoms with Gasteiger partial charge in [-0.1, -0.05) is 18.2 Å². The lowest BCUT2D eigenvalue weighted by Crippen LogP contribution is -2.46. The van der Waals surface area contributed by atoms with Gasteiger partial charge < -0.3 is 15.0 Å². The Morgan fingerprint density at radius 2 is 1.96 bits per heavy atom. The Bertz CT molecular complexity index is 753. The predicted molar refractivity (Wildman–Crippen MR) is 117 cm³/mol. The van der Waals surface area contributed by atoms with E-state index in [0.717, 1.165) is 62.7 Å². The van der Waals surface area contributed by atoms with Gasteiger partial charge in [-0.2, -0.15) is 0 Å². The first-order chi connectivity index (χ1) is 13.8. The van der Waals surface area contributed by atoms with Crippen LogP contribution in [-0.2, 0) is 4.79 Å². The maximum atomic E-state index is 11.8. The Balaban J connectivity index is 1.29. The van der Waals surface area contributed by atoms with Gasteiger partial charge in [-0.05, 0) is 49.0 Å². The molecule has 150 valence electrons. The van der Waals surface area contributed by atoms with Crippen LogP contribution in [0, 0.1) is 0 Å². The molecule has 0 atom stereocenters. The van der Waals surface area contributed by atoms with Gasteiger partial charge in [-0.15, -0.1) is 11.3 Å². The highest BCUT2D eigenvalue weighted by molar-refractivity contribution is 7.10. The number of thiophene rings is 1. The number of unbranched alkanes of at least 4 members (excludes halogenated alkanes) is 1. The molecule has 2 aromatic rings. The molecule has 6 heteroatoms. The highest BCUT2D eigenvalue weighted by atomic mass is 32.1. The van der Waals surface area contributed by atoms with Gasteiger partial charge in [0, 0.05) is 43.7 Å². The summed E-state index contributed by atoms with van der Waals surface area (Å²) in [5.74, 6) is 0.929. The van der Waals surface area contributed by atoms with E-state index < -0.39 is 0 Å². The van der Waals surface area contributed by atoms with Crippen molar-refractivity contribution in [3.63, 3.8) is 0 Å². The number of hydrogen-bond donors (Lipinski definition) is 1. The zero-order valence-electron chi connectivity index (χ0n) is 16.5. The summed E-state index contributed by atoms with van der Waals surface area (Å²) in [5.41, 5.74) is 1.18. The molecule has 3 rings (SSSR count). The molecule has 1 aliphatic rings. The average Bonchev–Trinajstić information content (AvgIpc) is 3.26. The van der Waals surface area contributed by atoms with Crippen LogP contribution in [0.4, 0.5) is 5.69 Å². The summed E-state index contributed by atoms with van der Waals surface area (Å²) in [5, 5.41) is 4.97. The zero-order chi connectivity index (χ0) is 19.6. The number of nitrogens with zero attached hydrogens (tertiary/aromatic N) is 2. The van der Waals surface area contributed by atoms with Crippen molar-refractivity contribution in [1.29, 1.82) is 0 Å². The number of hydrogen-bond acceptors (Lipinski definition) is 5. The Labute approximate surface area is 171 Å². The zero-order valence-corrected chi connectivity index (χ0v) is 17.3. The summed E-state index contributed by atoms with van der Waals surface area (Å²) in [6, 6.07) is 12.2. The quantitative estimate of drug-likeness (QED) is 0.518. The minimum atomic E-state index is -0.0150. The van der Waals surface area contributed by atoms with E-state index in [-0.39, 0.29) is 5.91 Å². The number of carbonyl (C=O) groups is 1. The van der Waals surface area contributed by atoms with Gasteiger partial charge in [-0.25, -0.2) is 0 Å². The molecule has 2 heterocycles. The van der Waals surface area contributed by atoms with Crippen LogP contribution in [0.25, 0.3) is 6.08 Å². The third-order valence-electron chi connectivity index (χ3n) is 4.94. The Kier molecular flexibility index (Phi) is 7.94. The Morgan fingerprint density at radius 1 is 1.14 bits per heavy atom. The van der Waals surface area contributed by atoms with Crippen LogP contribution in [0.1, 0.15) is 17.7 Å². The summed E-state index contributed by atoms with van der Waals surface area (Å²) < 4.78 is 5.48. The van der Waals surface area contributed by atoms with Gasteiger partial charge in [0.1, 0.15) is 5.75 Å². The number of rotatable bonds is 9. The lowest BCUT2D eigenvalue weighted by molar-refractivity contribution is -0.116. The number of methoxy groups -OCH3 is 1. The molecule has 5 nitrogen and oxygen atoms in total. The summed E-state index contributed by atoms with van der Waals surface area (Å²) in [6.45, 7) is 5.98. The first kappa shape index (κ1) is 20.4. The Hall–Kier alpha value is -2.31. The molecule has 0 radical (unpaired) electrons. The molecule has 0 unspecified atom stereocenters. The smallest absolute Gasteiger partial charge is 0.244 e. The van der Waals surface area contributed by atoms with Crippen LogP contribution in [0.5, 0.6) is 5.75 Å². The molecule has 0 spiro atoms. The summed E-state index contributed by atoms with van der Waals surface area (Å²) >= 11 is 1.63. The molecule has 1 aromatic carbocycles. The van der Waals surface area contributed by atoms with E-state index in [0.29, 0.717) is 0 Å². The van der Waals surface area contributed by atoms with Crippen molar-refractivity contribution in [3.05, 3.63) is 52.7 Å². The van der Waals surface area contributed by atoms with E-state index in [1.165, 1.54) is 5.69 Å². The topological polar surface area (TPSA) is 44.8 Å². The van der Waals surface area contributed by atoms with Crippen LogP contribution in [0.2, 0.25) is 0 Å². The summed E-state index contributed by atoms with van der Waals surface area (Å²) in [7, 11) is 1.73. The second-order valence-electron chi connectivity index (χ2n) is 6.85. The van der Waals surface area contributed by atoms with Crippen LogP contribution in [-0.4, -0.2) is 57.2 Å². The van der Waals surface area contributed by atoms with Gasteiger partial charge in [0.15, 0.2) is 0 Å². The fourth-order valence-electron chi connectivity index (χ4n) is 3.38. The van der Waals surface area contributed by atoms with Gasteiger partial charge in [0.25, 0.3) is 0 Å². The molecular weight excluding hydrogens is 370 g/mol. The van der Waals surface area contributed by atoms with Gasteiger partial charge >= 0.3 is 0 Å². The first-order valence-electron chi connectivity index (χ1n) is 9.86. The SMILES string of the molecule is COc1ccccc1N1CCN(CCCCNC(=O)/C=C/c2cccs2)CC1. The van der Waals surface area contributed by atoms with Crippen molar-refractivity contribution in [2.75, 3.05) is 51.3 Å². The summed E-state index contributed by atoms with van der Waals surface area (Å²) in [6.07, 6.45) is 5.58. The van der Waals surface area contributed by atoms with Crippen LogP contribution in [0.3, 0.4) is 0 Å². The maximum Gasteiger partial charge on any atom is 0.244 e. The van der Waals surface area contributed by atoms with E-state index in [1.807, 2.05) is 35.7 Å². The molecule has 1 aromatic heterocycles. The lowest BCUT2D eigenvalue weighted by atomic mass is 10.2. The molecule has 0 bridgehead atoms. The van der Waals surface area contributed by atoms with Crippen molar-refractivity contribution < 1.29 is 9.53 Å². The van der Waals surface area contributed by atoms with E-state index >= 15 is 0 Å². The predicted octanol–water partition coefficient (Wildman–Crippen LogP) is 3.49. The number of carbonyl (C=O) groups excluding carboxylic acids is 1. The van der Waals surface area contributed by atoms with Crippen LogP contribution >= 0.6 is 11.3 Å². The first-order valence-corrected chi connectivity index (χ1v) is 10.7. The summed E-state index contributed by atoms with van der Waals surface area (Å²) in [4.78, 5) is 17.8. The normalized spacial score (nSPS) is 15.1. The number of amides is 1. The lowest BCUT2D eigenvalue weighted by Gasteiger charge is -2.36. The Morgan fingerprint density at radius 3 is 2.71 bits per heavy atom. The molecule has 1 aliphatic heterocycles. The molecule has 1 fully saturated rings. The number of piperazine rings is 1. The highest BCUT2D eigenvalue weighted by Gasteiger charge is 2.18. The number of nitrogens with one attached hydrogen (secondary N) is 1. The molecule has 1 N–H and O–H groups in total. The minimum absolute atomic E-state index is 0.0150. The average molecular weight is 400 g/mol. The van der Waals surface area contributed by atoms with Crippen molar-refractivity contribution in [2.45, 2.75) is 12.8 Å². The number of anilines is 1. The van der Waals surface area contributed by atoms with E-state index in [9.17, 15) is 4.79 Å².